The van der Waals surface area contributed by atoms with Crippen LogP contribution in [0.5, 0.6) is 11.5 Å². The summed E-state index contributed by atoms with van der Waals surface area (Å²) in [6.07, 6.45) is 4.26. The number of anilines is 1. The topological polar surface area (TPSA) is 67.1 Å². The Hall–Kier alpha value is -4.13. The summed E-state index contributed by atoms with van der Waals surface area (Å²) in [5.74, 6) is 0.684. The Morgan fingerprint density at radius 1 is 1.05 bits per heavy atom. The summed E-state index contributed by atoms with van der Waals surface area (Å²) in [6.45, 7) is 5.04. The molecular formula is C30H32FN3O3. The van der Waals surface area contributed by atoms with Crippen LogP contribution in [0.1, 0.15) is 30.5 Å². The predicted octanol–water partition coefficient (Wildman–Crippen LogP) is 6.14. The highest BCUT2D eigenvalue weighted by atomic mass is 19.1. The van der Waals surface area contributed by atoms with Gasteiger partial charge in [0.2, 0.25) is 5.90 Å². The molecule has 1 atom stereocenters. The van der Waals surface area contributed by atoms with Crippen molar-refractivity contribution in [3.8, 4) is 11.5 Å². The molecule has 1 aliphatic heterocycles. The molecule has 7 heteroatoms. The average Bonchev–Trinajstić information content (AvgIpc) is 3.15. The first-order valence-electron chi connectivity index (χ1n) is 12.2. The van der Waals surface area contributed by atoms with Gasteiger partial charge in [0.25, 0.3) is 0 Å². The summed E-state index contributed by atoms with van der Waals surface area (Å²) >= 11 is 0. The SMILES string of the molecule is CCN1/C(=C\C=N/COC(=N)c2ccccc2)C(C)(Cc2ccc(OC)c(F)c2)c2cc(OC)ccc21. The highest BCUT2D eigenvalue weighted by Crippen LogP contribution is 2.50. The van der Waals surface area contributed by atoms with E-state index in [-0.39, 0.29) is 24.2 Å². The maximum atomic E-state index is 14.6. The molecule has 0 bridgehead atoms. The number of allylic oxidation sites excluding steroid dienone is 2. The van der Waals surface area contributed by atoms with Gasteiger partial charge in [-0.1, -0.05) is 24.3 Å². The second kappa shape index (κ2) is 11.3. The van der Waals surface area contributed by atoms with Gasteiger partial charge in [0, 0.05) is 35.1 Å². The van der Waals surface area contributed by atoms with E-state index in [1.165, 1.54) is 13.2 Å². The van der Waals surface area contributed by atoms with E-state index in [0.29, 0.717) is 12.0 Å². The molecule has 0 spiro atoms. The zero-order valence-corrected chi connectivity index (χ0v) is 21.6. The van der Waals surface area contributed by atoms with Gasteiger partial charge in [-0.2, -0.15) is 0 Å². The fourth-order valence-corrected chi connectivity index (χ4v) is 4.85. The zero-order chi connectivity index (χ0) is 26.4. The van der Waals surface area contributed by atoms with E-state index in [1.807, 2.05) is 48.5 Å². The first kappa shape index (κ1) is 25.9. The van der Waals surface area contributed by atoms with E-state index in [4.69, 9.17) is 19.6 Å². The molecule has 0 radical (unpaired) electrons. The van der Waals surface area contributed by atoms with Crippen LogP contribution in [0.3, 0.4) is 0 Å². The molecule has 1 N–H and O–H groups in total. The van der Waals surface area contributed by atoms with Crippen molar-refractivity contribution in [2.45, 2.75) is 25.7 Å². The highest BCUT2D eigenvalue weighted by molar-refractivity contribution is 5.91. The van der Waals surface area contributed by atoms with Crippen molar-refractivity contribution in [3.05, 3.63) is 101 Å². The van der Waals surface area contributed by atoms with Gasteiger partial charge in [0.15, 0.2) is 18.3 Å². The number of likely N-dealkylation sites (N-methyl/N-ethyl adjacent to an activating group) is 1. The standard InChI is InChI=1S/C30H32FN3O3/c1-5-34-26-13-12-23(35-3)18-24(26)30(2,19-21-11-14-27(36-4)25(31)17-21)28(34)15-16-33-20-37-29(32)22-9-7-6-8-10-22/h6-18,32H,5,19-20H2,1-4H3/b28-15-,32-29?,33-16-. The number of halogens is 1. The van der Waals surface area contributed by atoms with Crippen LogP contribution in [-0.4, -0.2) is 39.6 Å². The van der Waals surface area contributed by atoms with Gasteiger partial charge in [-0.25, -0.2) is 4.39 Å². The Morgan fingerprint density at radius 2 is 1.84 bits per heavy atom. The van der Waals surface area contributed by atoms with E-state index >= 15 is 0 Å². The molecule has 3 aromatic carbocycles. The highest BCUT2D eigenvalue weighted by Gasteiger charge is 2.43. The molecular weight excluding hydrogens is 469 g/mol. The van der Waals surface area contributed by atoms with Crippen molar-refractivity contribution in [2.24, 2.45) is 4.99 Å². The van der Waals surface area contributed by atoms with Gasteiger partial charge in [-0.3, -0.25) is 10.4 Å². The number of ether oxygens (including phenoxy) is 3. The summed E-state index contributed by atoms with van der Waals surface area (Å²) < 4.78 is 30.7. The first-order valence-corrected chi connectivity index (χ1v) is 12.2. The maximum absolute atomic E-state index is 14.6. The summed E-state index contributed by atoms with van der Waals surface area (Å²) in [5.41, 5.74) is 4.32. The molecule has 1 aliphatic rings. The van der Waals surface area contributed by atoms with Gasteiger partial charge in [-0.05, 0) is 79.9 Å². The number of rotatable bonds is 9. The molecule has 0 aliphatic carbocycles. The lowest BCUT2D eigenvalue weighted by Gasteiger charge is -2.30. The maximum Gasteiger partial charge on any atom is 0.215 e. The average molecular weight is 502 g/mol. The van der Waals surface area contributed by atoms with Crippen LogP contribution in [0.4, 0.5) is 10.1 Å². The second-order valence-corrected chi connectivity index (χ2v) is 8.96. The quantitative estimate of drug-likeness (QED) is 0.283. The van der Waals surface area contributed by atoms with Gasteiger partial charge >= 0.3 is 0 Å². The molecule has 1 heterocycles. The van der Waals surface area contributed by atoms with Crippen molar-refractivity contribution < 1.29 is 18.6 Å². The summed E-state index contributed by atoms with van der Waals surface area (Å²) in [4.78, 5) is 6.63. The molecule has 192 valence electrons. The summed E-state index contributed by atoms with van der Waals surface area (Å²) in [6, 6.07) is 20.4. The molecule has 0 saturated carbocycles. The monoisotopic (exact) mass is 501 g/mol. The van der Waals surface area contributed by atoms with E-state index in [1.54, 1.807) is 19.4 Å². The van der Waals surface area contributed by atoms with Gasteiger partial charge in [-0.15, -0.1) is 0 Å². The Morgan fingerprint density at radius 3 is 2.51 bits per heavy atom. The van der Waals surface area contributed by atoms with Crippen LogP contribution in [0, 0.1) is 11.2 Å². The lowest BCUT2D eigenvalue weighted by atomic mass is 9.76. The van der Waals surface area contributed by atoms with Crippen molar-refractivity contribution >= 4 is 17.8 Å². The predicted molar refractivity (Wildman–Crippen MR) is 146 cm³/mol. The molecule has 37 heavy (non-hydrogen) atoms. The molecule has 6 nitrogen and oxygen atoms in total. The van der Waals surface area contributed by atoms with Crippen LogP contribution in [0.15, 0.2) is 83.5 Å². The number of nitrogens with zero attached hydrogens (tertiary/aromatic N) is 2. The molecule has 0 saturated heterocycles. The van der Waals surface area contributed by atoms with Crippen LogP contribution in [-0.2, 0) is 16.6 Å². The molecule has 0 aromatic heterocycles. The van der Waals surface area contributed by atoms with E-state index in [2.05, 4.69) is 35.9 Å². The number of aliphatic imine (C=N–C) groups is 1. The Kier molecular flexibility index (Phi) is 7.92. The lowest BCUT2D eigenvalue weighted by molar-refractivity contribution is 0.317. The first-order chi connectivity index (χ1) is 17.9. The van der Waals surface area contributed by atoms with Crippen LogP contribution >= 0.6 is 0 Å². The van der Waals surface area contributed by atoms with Crippen molar-refractivity contribution in [3.63, 3.8) is 0 Å². The largest absolute Gasteiger partial charge is 0.497 e. The third kappa shape index (κ3) is 5.35. The number of hydrogen-bond donors (Lipinski definition) is 1. The van der Waals surface area contributed by atoms with Crippen molar-refractivity contribution in [1.82, 2.24) is 0 Å². The minimum atomic E-state index is -0.468. The second-order valence-electron chi connectivity index (χ2n) is 8.96. The van der Waals surface area contributed by atoms with Crippen molar-refractivity contribution in [2.75, 3.05) is 32.4 Å². The number of nitrogens with one attached hydrogen (secondary N) is 1. The van der Waals surface area contributed by atoms with E-state index < -0.39 is 5.41 Å². The number of hydrogen-bond acceptors (Lipinski definition) is 6. The van der Waals surface area contributed by atoms with E-state index in [0.717, 1.165) is 34.8 Å². The minimum absolute atomic E-state index is 0.0325. The fraction of sp³-hybridized carbons (Fsp3) is 0.267. The minimum Gasteiger partial charge on any atom is -0.497 e. The Labute approximate surface area is 217 Å². The lowest BCUT2D eigenvalue weighted by Crippen LogP contribution is -2.30. The molecule has 4 rings (SSSR count). The Balaban J connectivity index is 1.64. The van der Waals surface area contributed by atoms with Crippen LogP contribution in [0.2, 0.25) is 0 Å². The molecule has 1 unspecified atom stereocenters. The van der Waals surface area contributed by atoms with Gasteiger partial charge in [0.1, 0.15) is 5.75 Å². The smallest absolute Gasteiger partial charge is 0.215 e. The number of benzene rings is 3. The van der Waals surface area contributed by atoms with Crippen LogP contribution < -0.4 is 14.4 Å². The zero-order valence-electron chi connectivity index (χ0n) is 21.6. The summed E-state index contributed by atoms with van der Waals surface area (Å²) in [7, 11) is 3.12. The summed E-state index contributed by atoms with van der Waals surface area (Å²) in [5, 5.41) is 8.08. The third-order valence-electron chi connectivity index (χ3n) is 6.69. The normalized spacial score (nSPS) is 17.8. The fourth-order valence-electron chi connectivity index (χ4n) is 4.85. The molecule has 0 fully saturated rings. The van der Waals surface area contributed by atoms with Crippen LogP contribution in [0.25, 0.3) is 0 Å². The van der Waals surface area contributed by atoms with Crippen molar-refractivity contribution in [1.29, 1.82) is 5.41 Å². The number of fused-ring (bicyclic) bond motifs is 1. The Bertz CT molecular complexity index is 1320. The van der Waals surface area contributed by atoms with E-state index in [9.17, 15) is 4.39 Å². The molecule has 0 amide bonds. The third-order valence-corrected chi connectivity index (χ3v) is 6.69. The number of methoxy groups -OCH3 is 2. The van der Waals surface area contributed by atoms with Gasteiger partial charge < -0.3 is 19.1 Å². The molecule has 3 aromatic rings. The van der Waals surface area contributed by atoms with Gasteiger partial charge in [0.05, 0.1) is 14.2 Å².